The highest BCUT2D eigenvalue weighted by Crippen LogP contribution is 2.32. The fraction of sp³-hybridized carbons (Fsp3) is 0.0870. The SMILES string of the molecule is COc1c(C)cccc1C(=O)NC(=S)Nc1ccc2oc(-c3cc(I)ccc3Cl)nc2c1. The van der Waals surface area contributed by atoms with Crippen LogP contribution in [0.4, 0.5) is 5.69 Å². The maximum Gasteiger partial charge on any atom is 0.261 e. The molecule has 9 heteroatoms. The van der Waals surface area contributed by atoms with Crippen molar-refractivity contribution >= 4 is 74.2 Å². The number of aromatic nitrogens is 1. The number of halogens is 2. The summed E-state index contributed by atoms with van der Waals surface area (Å²) in [5, 5.41) is 6.40. The molecule has 4 rings (SSSR count). The van der Waals surface area contributed by atoms with Gasteiger partial charge in [0.25, 0.3) is 5.91 Å². The fourth-order valence-electron chi connectivity index (χ4n) is 3.22. The van der Waals surface area contributed by atoms with Gasteiger partial charge in [-0.15, -0.1) is 0 Å². The molecule has 0 radical (unpaired) electrons. The molecule has 0 unspecified atom stereocenters. The first kappa shape index (κ1) is 22.5. The minimum absolute atomic E-state index is 0.155. The molecule has 0 atom stereocenters. The van der Waals surface area contributed by atoms with Crippen LogP contribution in [0.2, 0.25) is 5.02 Å². The normalized spacial score (nSPS) is 10.8. The zero-order chi connectivity index (χ0) is 22.8. The molecular weight excluding hydrogens is 561 g/mol. The van der Waals surface area contributed by atoms with Crippen LogP contribution in [0.1, 0.15) is 15.9 Å². The maximum atomic E-state index is 12.7. The molecule has 0 saturated heterocycles. The zero-order valence-corrected chi connectivity index (χ0v) is 20.8. The lowest BCUT2D eigenvalue weighted by molar-refractivity contribution is 0.0974. The van der Waals surface area contributed by atoms with E-state index in [1.165, 1.54) is 7.11 Å². The Morgan fingerprint density at radius 3 is 2.78 bits per heavy atom. The predicted molar refractivity (Wildman–Crippen MR) is 139 cm³/mol. The second-order valence-corrected chi connectivity index (χ2v) is 8.95. The van der Waals surface area contributed by atoms with Crippen LogP contribution >= 0.6 is 46.4 Å². The molecule has 3 aromatic carbocycles. The molecule has 2 N–H and O–H groups in total. The minimum Gasteiger partial charge on any atom is -0.496 e. The number of amides is 1. The average Bonchev–Trinajstić information content (AvgIpc) is 3.18. The van der Waals surface area contributed by atoms with Crippen molar-refractivity contribution in [3.63, 3.8) is 0 Å². The van der Waals surface area contributed by atoms with Gasteiger partial charge in [0, 0.05) is 9.26 Å². The number of para-hydroxylation sites is 1. The Balaban J connectivity index is 1.52. The summed E-state index contributed by atoms with van der Waals surface area (Å²) in [6.07, 6.45) is 0. The van der Waals surface area contributed by atoms with Crippen LogP contribution in [-0.4, -0.2) is 23.1 Å². The quantitative estimate of drug-likeness (QED) is 0.222. The van der Waals surface area contributed by atoms with Crippen molar-refractivity contribution in [2.75, 3.05) is 12.4 Å². The second-order valence-electron chi connectivity index (χ2n) is 6.89. The number of fused-ring (bicyclic) bond motifs is 1. The third kappa shape index (κ3) is 4.72. The summed E-state index contributed by atoms with van der Waals surface area (Å²) >= 11 is 13.8. The van der Waals surface area contributed by atoms with Crippen molar-refractivity contribution in [2.45, 2.75) is 6.92 Å². The number of hydrogen-bond donors (Lipinski definition) is 2. The molecule has 0 spiro atoms. The smallest absolute Gasteiger partial charge is 0.261 e. The minimum atomic E-state index is -0.360. The molecule has 0 aliphatic carbocycles. The third-order valence-corrected chi connectivity index (χ3v) is 5.90. The van der Waals surface area contributed by atoms with Crippen molar-refractivity contribution in [1.82, 2.24) is 10.3 Å². The van der Waals surface area contributed by atoms with Crippen molar-refractivity contribution in [2.24, 2.45) is 0 Å². The summed E-state index contributed by atoms with van der Waals surface area (Å²) in [6, 6.07) is 16.3. The fourth-order valence-corrected chi connectivity index (χ4v) is 4.12. The number of benzene rings is 3. The van der Waals surface area contributed by atoms with Gasteiger partial charge in [-0.1, -0.05) is 23.7 Å². The number of carbonyl (C=O) groups excluding carboxylic acids is 1. The molecule has 0 fully saturated rings. The zero-order valence-electron chi connectivity index (χ0n) is 17.0. The van der Waals surface area contributed by atoms with E-state index >= 15 is 0 Å². The van der Waals surface area contributed by atoms with Gasteiger partial charge in [0.1, 0.15) is 11.3 Å². The molecule has 0 aliphatic heterocycles. The van der Waals surface area contributed by atoms with Gasteiger partial charge in [-0.3, -0.25) is 10.1 Å². The predicted octanol–water partition coefficient (Wildman–Crippen LogP) is 6.20. The molecule has 1 heterocycles. The topological polar surface area (TPSA) is 76.4 Å². The van der Waals surface area contributed by atoms with Crippen molar-refractivity contribution < 1.29 is 13.9 Å². The van der Waals surface area contributed by atoms with Gasteiger partial charge in [0.2, 0.25) is 5.89 Å². The highest BCUT2D eigenvalue weighted by molar-refractivity contribution is 14.1. The van der Waals surface area contributed by atoms with E-state index in [0.717, 1.165) is 14.7 Å². The molecule has 32 heavy (non-hydrogen) atoms. The van der Waals surface area contributed by atoms with Crippen LogP contribution in [0.25, 0.3) is 22.6 Å². The van der Waals surface area contributed by atoms with Gasteiger partial charge in [0.05, 0.1) is 23.3 Å². The Bertz CT molecular complexity index is 1360. The van der Waals surface area contributed by atoms with E-state index in [2.05, 4.69) is 38.2 Å². The summed E-state index contributed by atoms with van der Waals surface area (Å²) in [4.78, 5) is 17.2. The van der Waals surface area contributed by atoms with E-state index in [-0.39, 0.29) is 11.0 Å². The van der Waals surface area contributed by atoms with Crippen LogP contribution in [0, 0.1) is 10.5 Å². The molecule has 4 aromatic rings. The van der Waals surface area contributed by atoms with Crippen molar-refractivity contribution in [3.05, 3.63) is 74.3 Å². The Labute approximate surface area is 208 Å². The van der Waals surface area contributed by atoms with Gasteiger partial charge in [-0.25, -0.2) is 4.98 Å². The first-order chi connectivity index (χ1) is 15.4. The molecule has 162 valence electrons. The van der Waals surface area contributed by atoms with Crippen molar-refractivity contribution in [3.8, 4) is 17.2 Å². The van der Waals surface area contributed by atoms with E-state index in [4.69, 9.17) is 33.0 Å². The number of anilines is 1. The standard InChI is InChI=1S/C23H17ClIN3O3S/c1-12-4-3-5-15(20(12)30-2)21(29)28-23(32)26-14-7-9-19-18(11-14)27-22(31-19)16-10-13(25)6-8-17(16)24/h3-11H,1-2H3,(H2,26,28,29,32). The third-order valence-electron chi connectivity index (χ3n) is 4.69. The van der Waals surface area contributed by atoms with E-state index in [0.29, 0.717) is 39.0 Å². The number of hydrogen-bond acceptors (Lipinski definition) is 5. The number of aryl methyl sites for hydroxylation is 1. The van der Waals surface area contributed by atoms with E-state index in [9.17, 15) is 4.79 Å². The van der Waals surface area contributed by atoms with Crippen molar-refractivity contribution in [1.29, 1.82) is 0 Å². The highest BCUT2D eigenvalue weighted by atomic mass is 127. The molecular formula is C23H17ClIN3O3S. The molecule has 1 amide bonds. The lowest BCUT2D eigenvalue weighted by Crippen LogP contribution is -2.34. The summed E-state index contributed by atoms with van der Waals surface area (Å²) in [7, 11) is 1.53. The lowest BCUT2D eigenvalue weighted by atomic mass is 10.1. The average molecular weight is 578 g/mol. The van der Waals surface area contributed by atoms with Gasteiger partial charge in [0.15, 0.2) is 10.7 Å². The summed E-state index contributed by atoms with van der Waals surface area (Å²) < 4.78 is 12.2. The van der Waals surface area contributed by atoms with Gasteiger partial charge in [-0.05, 0) is 89.8 Å². The number of ether oxygens (including phenoxy) is 1. The Hall–Kier alpha value is -2.69. The van der Waals surface area contributed by atoms with Gasteiger partial charge >= 0.3 is 0 Å². The summed E-state index contributed by atoms with van der Waals surface area (Å²) in [6.45, 7) is 1.87. The monoisotopic (exact) mass is 577 g/mol. The van der Waals surface area contributed by atoms with Crippen LogP contribution in [0.5, 0.6) is 5.75 Å². The number of thiocarbonyl (C=S) groups is 1. The second kappa shape index (κ2) is 9.43. The summed E-state index contributed by atoms with van der Waals surface area (Å²) in [5.41, 5.74) is 3.89. The lowest BCUT2D eigenvalue weighted by Gasteiger charge is -2.13. The first-order valence-corrected chi connectivity index (χ1v) is 11.3. The largest absolute Gasteiger partial charge is 0.496 e. The number of methoxy groups -OCH3 is 1. The molecule has 0 aliphatic rings. The van der Waals surface area contributed by atoms with Crippen LogP contribution in [-0.2, 0) is 0 Å². The molecule has 1 aromatic heterocycles. The van der Waals surface area contributed by atoms with Gasteiger partial charge in [-0.2, -0.15) is 0 Å². The number of nitrogens with zero attached hydrogens (tertiary/aromatic N) is 1. The first-order valence-electron chi connectivity index (χ1n) is 9.47. The number of oxazole rings is 1. The van der Waals surface area contributed by atoms with E-state index in [1.54, 1.807) is 30.3 Å². The number of nitrogens with one attached hydrogen (secondary N) is 2. The maximum absolute atomic E-state index is 12.7. The Morgan fingerprint density at radius 2 is 2.00 bits per heavy atom. The number of rotatable bonds is 4. The Morgan fingerprint density at radius 1 is 1.19 bits per heavy atom. The van der Waals surface area contributed by atoms with E-state index in [1.807, 2.05) is 31.2 Å². The van der Waals surface area contributed by atoms with Crippen LogP contribution in [0.3, 0.4) is 0 Å². The van der Waals surface area contributed by atoms with Crippen LogP contribution in [0.15, 0.2) is 59.0 Å². The number of carbonyl (C=O) groups is 1. The molecule has 6 nitrogen and oxygen atoms in total. The molecule has 0 bridgehead atoms. The van der Waals surface area contributed by atoms with Crippen LogP contribution < -0.4 is 15.4 Å². The Kier molecular flexibility index (Phi) is 6.63. The van der Waals surface area contributed by atoms with Gasteiger partial charge < -0.3 is 14.5 Å². The summed E-state index contributed by atoms with van der Waals surface area (Å²) in [5.74, 6) is 0.586. The highest BCUT2D eigenvalue weighted by Gasteiger charge is 2.16. The van der Waals surface area contributed by atoms with E-state index < -0.39 is 0 Å². The molecule has 0 saturated carbocycles.